The normalized spacial score (nSPS) is 10.4. The van der Waals surface area contributed by atoms with E-state index in [1.165, 1.54) is 71.6 Å². The first-order valence-corrected chi connectivity index (χ1v) is 9.78. The Bertz CT molecular complexity index is 1490. The highest BCUT2D eigenvalue weighted by atomic mass is 19.1. The molecule has 1 amide bonds. The fourth-order valence-electron chi connectivity index (χ4n) is 3.11. The predicted molar refractivity (Wildman–Crippen MR) is 120 cm³/mol. The van der Waals surface area contributed by atoms with Crippen LogP contribution in [0.2, 0.25) is 0 Å². The maximum absolute atomic E-state index is 14.6. The fraction of sp³-hybridized carbons (Fsp3) is 0. The highest BCUT2D eigenvalue weighted by Gasteiger charge is 2.16. The molecule has 0 unspecified atom stereocenters. The van der Waals surface area contributed by atoms with E-state index < -0.39 is 23.1 Å². The Morgan fingerprint density at radius 3 is 2.56 bits per heavy atom. The monoisotopic (exact) mass is 459 g/mol. The lowest BCUT2D eigenvalue weighted by Crippen LogP contribution is -2.27. The Hall–Kier alpha value is -5.04. The van der Waals surface area contributed by atoms with Gasteiger partial charge in [-0.15, -0.1) is 0 Å². The molecule has 3 N–H and O–H groups in total. The first kappa shape index (κ1) is 22.2. The van der Waals surface area contributed by atoms with Crippen molar-refractivity contribution in [3.63, 3.8) is 0 Å². The standard InChI is InChI=1S/C24H15F2N5O3/c25-14-3-6-16(7-4-14)31-11-1-2-17(24(31)33)23(32)30-15-5-8-21(19(26)12-15)34-20-9-10-29-22(28)18(20)13-27/h1-12H,(H2,28,29)(H,30,32). The van der Waals surface area contributed by atoms with Gasteiger partial charge in [0.05, 0.1) is 0 Å². The third-order valence-electron chi connectivity index (χ3n) is 4.76. The zero-order chi connectivity index (χ0) is 24.2. The van der Waals surface area contributed by atoms with Crippen molar-refractivity contribution in [1.82, 2.24) is 9.55 Å². The number of nitrogens with one attached hydrogen (secondary N) is 1. The van der Waals surface area contributed by atoms with E-state index in [1.807, 2.05) is 6.07 Å². The Kier molecular flexibility index (Phi) is 6.01. The molecule has 2 aromatic heterocycles. The Balaban J connectivity index is 1.56. The number of pyridine rings is 2. The van der Waals surface area contributed by atoms with Crippen LogP contribution < -0.4 is 21.3 Å². The molecule has 2 heterocycles. The van der Waals surface area contributed by atoms with E-state index in [0.717, 1.165) is 6.07 Å². The minimum absolute atomic E-state index is 0.0244. The summed E-state index contributed by atoms with van der Waals surface area (Å²) in [7, 11) is 0. The van der Waals surface area contributed by atoms with Gasteiger partial charge >= 0.3 is 0 Å². The maximum atomic E-state index is 14.6. The Morgan fingerprint density at radius 2 is 1.85 bits per heavy atom. The lowest BCUT2D eigenvalue weighted by Gasteiger charge is -2.11. The van der Waals surface area contributed by atoms with Crippen molar-refractivity contribution in [2.45, 2.75) is 0 Å². The molecule has 168 valence electrons. The van der Waals surface area contributed by atoms with E-state index in [9.17, 15) is 23.6 Å². The number of amides is 1. The highest BCUT2D eigenvalue weighted by molar-refractivity contribution is 6.04. The van der Waals surface area contributed by atoms with Gasteiger partial charge in [0.1, 0.15) is 28.8 Å². The molecule has 8 nitrogen and oxygen atoms in total. The number of benzene rings is 2. The number of aromatic nitrogens is 2. The van der Waals surface area contributed by atoms with Crippen molar-refractivity contribution < 1.29 is 18.3 Å². The van der Waals surface area contributed by atoms with E-state index >= 15 is 0 Å². The van der Waals surface area contributed by atoms with Crippen LogP contribution in [0.1, 0.15) is 15.9 Å². The van der Waals surface area contributed by atoms with Crippen LogP contribution in [-0.4, -0.2) is 15.5 Å². The molecule has 0 radical (unpaired) electrons. The van der Waals surface area contributed by atoms with Crippen LogP contribution in [0.15, 0.2) is 77.9 Å². The molecule has 34 heavy (non-hydrogen) atoms. The van der Waals surface area contributed by atoms with Crippen molar-refractivity contribution in [3.8, 4) is 23.3 Å². The Labute approximate surface area is 191 Å². The third kappa shape index (κ3) is 4.44. The van der Waals surface area contributed by atoms with E-state index in [2.05, 4.69) is 10.3 Å². The number of nitrogens with two attached hydrogens (primary N) is 1. The van der Waals surface area contributed by atoms with Gasteiger partial charge in [0.25, 0.3) is 11.5 Å². The lowest BCUT2D eigenvalue weighted by atomic mass is 10.2. The quantitative estimate of drug-likeness (QED) is 0.465. The van der Waals surface area contributed by atoms with Crippen LogP contribution in [0.5, 0.6) is 11.5 Å². The molecular weight excluding hydrogens is 444 g/mol. The van der Waals surface area contributed by atoms with Gasteiger partial charge in [-0.3, -0.25) is 14.2 Å². The molecular formula is C24H15F2N5O3. The van der Waals surface area contributed by atoms with Gasteiger partial charge in [-0.2, -0.15) is 5.26 Å². The zero-order valence-electron chi connectivity index (χ0n) is 17.3. The minimum atomic E-state index is -0.825. The van der Waals surface area contributed by atoms with Crippen LogP contribution in [0.4, 0.5) is 20.3 Å². The number of carbonyl (C=O) groups is 1. The average molecular weight is 459 g/mol. The second-order valence-electron chi connectivity index (χ2n) is 6.96. The largest absolute Gasteiger partial charge is 0.453 e. The third-order valence-corrected chi connectivity index (χ3v) is 4.76. The summed E-state index contributed by atoms with van der Waals surface area (Å²) in [6.45, 7) is 0. The van der Waals surface area contributed by atoms with Crippen LogP contribution in [0, 0.1) is 23.0 Å². The summed E-state index contributed by atoms with van der Waals surface area (Å²) in [6, 6.07) is 14.8. The SMILES string of the molecule is N#Cc1c(Oc2ccc(NC(=O)c3cccn(-c4ccc(F)cc4)c3=O)cc2F)ccnc1N. The van der Waals surface area contributed by atoms with E-state index in [-0.39, 0.29) is 34.1 Å². The lowest BCUT2D eigenvalue weighted by molar-refractivity contribution is 0.102. The number of rotatable bonds is 5. The summed E-state index contributed by atoms with van der Waals surface area (Å²) in [5, 5.41) is 11.6. The van der Waals surface area contributed by atoms with E-state index in [4.69, 9.17) is 10.5 Å². The summed E-state index contributed by atoms with van der Waals surface area (Å²) in [5.74, 6) is -2.29. The molecule has 10 heteroatoms. The van der Waals surface area contributed by atoms with Gasteiger partial charge in [-0.05, 0) is 48.5 Å². The van der Waals surface area contributed by atoms with Gasteiger partial charge in [0.15, 0.2) is 17.3 Å². The molecule has 0 aliphatic rings. The summed E-state index contributed by atoms with van der Waals surface area (Å²) in [4.78, 5) is 29.2. The molecule has 0 atom stereocenters. The van der Waals surface area contributed by atoms with Gasteiger partial charge < -0.3 is 15.8 Å². The van der Waals surface area contributed by atoms with Crippen molar-refractivity contribution in [2.24, 2.45) is 0 Å². The van der Waals surface area contributed by atoms with E-state index in [0.29, 0.717) is 5.69 Å². The predicted octanol–water partition coefficient (Wildman–Crippen LogP) is 4.01. The average Bonchev–Trinajstić information content (AvgIpc) is 2.82. The van der Waals surface area contributed by atoms with Gasteiger partial charge in [0.2, 0.25) is 0 Å². The number of carbonyl (C=O) groups excluding carboxylic acids is 1. The van der Waals surface area contributed by atoms with Gasteiger partial charge in [0, 0.05) is 35.9 Å². The summed E-state index contributed by atoms with van der Waals surface area (Å²) < 4.78 is 34.4. The number of nitrogens with zero attached hydrogens (tertiary/aromatic N) is 3. The molecule has 2 aromatic carbocycles. The molecule has 0 saturated carbocycles. The molecule has 0 spiro atoms. The Morgan fingerprint density at radius 1 is 1.09 bits per heavy atom. The number of nitriles is 1. The highest BCUT2D eigenvalue weighted by Crippen LogP contribution is 2.30. The number of halogens is 2. The van der Waals surface area contributed by atoms with Crippen molar-refractivity contribution in [3.05, 3.63) is 106 Å². The number of hydrogen-bond acceptors (Lipinski definition) is 6. The molecule has 0 saturated heterocycles. The number of ether oxygens (including phenoxy) is 1. The van der Waals surface area contributed by atoms with Crippen molar-refractivity contribution in [2.75, 3.05) is 11.1 Å². The second-order valence-corrected chi connectivity index (χ2v) is 6.96. The zero-order valence-corrected chi connectivity index (χ0v) is 17.3. The van der Waals surface area contributed by atoms with Crippen molar-refractivity contribution >= 4 is 17.4 Å². The summed E-state index contributed by atoms with van der Waals surface area (Å²) >= 11 is 0. The number of nitrogen functional groups attached to an aromatic ring is 1. The van der Waals surface area contributed by atoms with Gasteiger partial charge in [-0.1, -0.05) is 0 Å². The first-order chi connectivity index (χ1) is 16.4. The van der Waals surface area contributed by atoms with Crippen LogP contribution in [0.3, 0.4) is 0 Å². The summed E-state index contributed by atoms with van der Waals surface area (Å²) in [5.41, 5.74) is 5.20. The second kappa shape index (κ2) is 9.22. The molecule has 0 aliphatic heterocycles. The fourth-order valence-corrected chi connectivity index (χ4v) is 3.11. The first-order valence-electron chi connectivity index (χ1n) is 9.78. The molecule has 0 aliphatic carbocycles. The topological polar surface area (TPSA) is 123 Å². The smallest absolute Gasteiger partial charge is 0.267 e. The van der Waals surface area contributed by atoms with Crippen LogP contribution in [0.25, 0.3) is 5.69 Å². The molecule has 0 bridgehead atoms. The van der Waals surface area contributed by atoms with Crippen LogP contribution in [-0.2, 0) is 0 Å². The molecule has 0 fully saturated rings. The van der Waals surface area contributed by atoms with Crippen molar-refractivity contribution in [1.29, 1.82) is 5.26 Å². The van der Waals surface area contributed by atoms with Gasteiger partial charge in [-0.25, -0.2) is 13.8 Å². The van der Waals surface area contributed by atoms with E-state index in [1.54, 1.807) is 0 Å². The molecule has 4 aromatic rings. The number of hydrogen-bond donors (Lipinski definition) is 2. The minimum Gasteiger partial charge on any atom is -0.453 e. The maximum Gasteiger partial charge on any atom is 0.267 e. The number of anilines is 2. The van der Waals surface area contributed by atoms with Crippen LogP contribution >= 0.6 is 0 Å². The molecule has 4 rings (SSSR count). The summed E-state index contributed by atoms with van der Waals surface area (Å²) in [6.07, 6.45) is 2.76.